The van der Waals surface area contributed by atoms with Gasteiger partial charge in [-0.15, -0.1) is 11.3 Å². The highest BCUT2D eigenvalue weighted by Crippen LogP contribution is 2.23. The monoisotopic (exact) mass is 374 g/mol. The molecule has 0 radical (unpaired) electrons. The van der Waals surface area contributed by atoms with Crippen molar-refractivity contribution < 1.29 is 9.53 Å². The van der Waals surface area contributed by atoms with Gasteiger partial charge in [-0.05, 0) is 35.9 Å². The Kier molecular flexibility index (Phi) is 5.12. The summed E-state index contributed by atoms with van der Waals surface area (Å²) >= 11 is 1.62. The number of hydrogen-bond donors (Lipinski definition) is 1. The maximum absolute atomic E-state index is 12.4. The van der Waals surface area contributed by atoms with Crippen LogP contribution in [-0.2, 0) is 13.2 Å². The van der Waals surface area contributed by atoms with Crippen molar-refractivity contribution in [2.24, 2.45) is 0 Å². The first kappa shape index (κ1) is 17.2. The summed E-state index contributed by atoms with van der Waals surface area (Å²) in [7, 11) is 0. The van der Waals surface area contributed by atoms with Gasteiger partial charge in [-0.25, -0.2) is 4.98 Å². The number of hydrogen-bond acceptors (Lipinski definition) is 4. The van der Waals surface area contributed by atoms with Crippen LogP contribution in [0.25, 0.3) is 10.2 Å². The zero-order valence-electron chi connectivity index (χ0n) is 14.6. The number of nitrogens with one attached hydrogen (secondary N) is 1. The number of para-hydroxylation sites is 1. The highest BCUT2D eigenvalue weighted by molar-refractivity contribution is 7.18. The lowest BCUT2D eigenvalue weighted by molar-refractivity contribution is 0.0950. The van der Waals surface area contributed by atoms with Gasteiger partial charge in [0.25, 0.3) is 5.91 Å². The summed E-state index contributed by atoms with van der Waals surface area (Å²) in [4.78, 5) is 16.9. The summed E-state index contributed by atoms with van der Waals surface area (Å²) in [6.45, 7) is 0.880. The number of carbonyl (C=O) groups is 1. The third-order valence-corrected chi connectivity index (χ3v) is 5.10. The van der Waals surface area contributed by atoms with E-state index in [2.05, 4.69) is 10.3 Å². The Morgan fingerprint density at radius 1 is 0.963 bits per heavy atom. The number of ether oxygens (including phenoxy) is 1. The molecule has 0 saturated carbocycles. The molecule has 1 amide bonds. The fraction of sp³-hybridized carbons (Fsp3) is 0.0909. The molecule has 134 valence electrons. The third kappa shape index (κ3) is 4.33. The van der Waals surface area contributed by atoms with Crippen molar-refractivity contribution in [2.75, 3.05) is 0 Å². The quantitative estimate of drug-likeness (QED) is 0.527. The van der Waals surface area contributed by atoms with E-state index in [1.165, 1.54) is 0 Å². The Balaban J connectivity index is 1.38. The molecular formula is C22H18N2O2S. The van der Waals surface area contributed by atoms with Crippen molar-refractivity contribution in [1.29, 1.82) is 0 Å². The minimum atomic E-state index is -0.121. The van der Waals surface area contributed by atoms with Gasteiger partial charge >= 0.3 is 0 Å². The SMILES string of the molecule is O=C(NCc1ccccc1)c1cccc(OCc2nc3ccccc3s2)c1. The first-order valence-corrected chi connectivity index (χ1v) is 9.49. The maximum atomic E-state index is 12.4. The third-order valence-electron chi connectivity index (χ3n) is 4.09. The molecule has 0 aliphatic rings. The highest BCUT2D eigenvalue weighted by Gasteiger charge is 2.08. The van der Waals surface area contributed by atoms with E-state index in [1.54, 1.807) is 23.5 Å². The Bertz CT molecular complexity index is 1030. The highest BCUT2D eigenvalue weighted by atomic mass is 32.1. The van der Waals surface area contributed by atoms with Crippen LogP contribution < -0.4 is 10.1 Å². The molecule has 4 rings (SSSR count). The number of amides is 1. The van der Waals surface area contributed by atoms with Crippen molar-refractivity contribution in [1.82, 2.24) is 10.3 Å². The smallest absolute Gasteiger partial charge is 0.251 e. The molecule has 27 heavy (non-hydrogen) atoms. The molecule has 5 heteroatoms. The van der Waals surface area contributed by atoms with Gasteiger partial charge in [0.15, 0.2) is 0 Å². The molecule has 0 unspecified atom stereocenters. The van der Waals surface area contributed by atoms with E-state index >= 15 is 0 Å². The van der Waals surface area contributed by atoms with Gasteiger partial charge in [0.05, 0.1) is 10.2 Å². The van der Waals surface area contributed by atoms with Crippen LogP contribution in [0.3, 0.4) is 0 Å². The molecule has 1 heterocycles. The van der Waals surface area contributed by atoms with Gasteiger partial charge in [-0.2, -0.15) is 0 Å². The zero-order valence-corrected chi connectivity index (χ0v) is 15.4. The molecule has 1 N–H and O–H groups in total. The summed E-state index contributed by atoms with van der Waals surface area (Å²) in [5.41, 5.74) is 2.62. The van der Waals surface area contributed by atoms with E-state index in [1.807, 2.05) is 66.7 Å². The molecular weight excluding hydrogens is 356 g/mol. The lowest BCUT2D eigenvalue weighted by Gasteiger charge is -2.08. The van der Waals surface area contributed by atoms with Crippen molar-refractivity contribution >= 4 is 27.5 Å². The average molecular weight is 374 g/mol. The van der Waals surface area contributed by atoms with Crippen LogP contribution in [0, 0.1) is 0 Å². The molecule has 4 aromatic rings. The number of nitrogens with zero attached hydrogens (tertiary/aromatic N) is 1. The molecule has 0 saturated heterocycles. The fourth-order valence-electron chi connectivity index (χ4n) is 2.73. The largest absolute Gasteiger partial charge is 0.486 e. The average Bonchev–Trinajstić information content (AvgIpc) is 3.14. The van der Waals surface area contributed by atoms with Crippen LogP contribution in [0.15, 0.2) is 78.9 Å². The number of carbonyl (C=O) groups excluding carboxylic acids is 1. The van der Waals surface area contributed by atoms with E-state index < -0.39 is 0 Å². The number of rotatable bonds is 6. The summed E-state index contributed by atoms with van der Waals surface area (Å²) in [5.74, 6) is 0.533. The van der Waals surface area contributed by atoms with Crippen LogP contribution >= 0.6 is 11.3 Å². The summed E-state index contributed by atoms with van der Waals surface area (Å²) in [5, 5.41) is 3.84. The minimum absolute atomic E-state index is 0.121. The van der Waals surface area contributed by atoms with Crippen molar-refractivity contribution in [3.8, 4) is 5.75 Å². The predicted octanol–water partition coefficient (Wildman–Crippen LogP) is 4.81. The number of thiazole rings is 1. The van der Waals surface area contributed by atoms with Gasteiger partial charge in [0.1, 0.15) is 17.4 Å². The number of aromatic nitrogens is 1. The standard InChI is InChI=1S/C22H18N2O2S/c25-22(23-14-16-7-2-1-3-8-16)17-9-6-10-18(13-17)26-15-21-24-19-11-4-5-12-20(19)27-21/h1-13H,14-15H2,(H,23,25). The van der Waals surface area contributed by atoms with Crippen molar-refractivity contribution in [3.63, 3.8) is 0 Å². The second-order valence-electron chi connectivity index (χ2n) is 6.06. The molecule has 0 bridgehead atoms. The Hall–Kier alpha value is -3.18. The minimum Gasteiger partial charge on any atom is -0.486 e. The first-order valence-electron chi connectivity index (χ1n) is 8.67. The van der Waals surface area contributed by atoms with E-state index in [9.17, 15) is 4.79 Å². The first-order chi connectivity index (χ1) is 13.3. The number of fused-ring (bicyclic) bond motifs is 1. The van der Waals surface area contributed by atoms with Gasteiger partial charge in [0.2, 0.25) is 0 Å². The summed E-state index contributed by atoms with van der Waals surface area (Å²) < 4.78 is 6.99. The zero-order chi connectivity index (χ0) is 18.5. The second kappa shape index (κ2) is 8.01. The maximum Gasteiger partial charge on any atom is 0.251 e. The van der Waals surface area contributed by atoms with Gasteiger partial charge in [0, 0.05) is 12.1 Å². The van der Waals surface area contributed by atoms with E-state index in [0.29, 0.717) is 24.5 Å². The van der Waals surface area contributed by atoms with Crippen LogP contribution in [0.4, 0.5) is 0 Å². The molecule has 1 aromatic heterocycles. The summed E-state index contributed by atoms with van der Waals surface area (Å²) in [6, 6.07) is 25.1. The van der Waals surface area contributed by atoms with E-state index in [4.69, 9.17) is 4.74 Å². The van der Waals surface area contributed by atoms with Crippen molar-refractivity contribution in [2.45, 2.75) is 13.2 Å². The van der Waals surface area contributed by atoms with Crippen LogP contribution in [-0.4, -0.2) is 10.9 Å². The second-order valence-corrected chi connectivity index (χ2v) is 7.18. The molecule has 4 nitrogen and oxygen atoms in total. The van der Waals surface area contributed by atoms with Crippen molar-refractivity contribution in [3.05, 3.63) is 95.0 Å². The Morgan fingerprint density at radius 3 is 2.63 bits per heavy atom. The molecule has 0 aliphatic carbocycles. The fourth-order valence-corrected chi connectivity index (χ4v) is 3.61. The summed E-state index contributed by atoms with van der Waals surface area (Å²) in [6.07, 6.45) is 0. The lowest BCUT2D eigenvalue weighted by atomic mass is 10.2. The van der Waals surface area contributed by atoms with Gasteiger partial charge in [-0.3, -0.25) is 4.79 Å². The lowest BCUT2D eigenvalue weighted by Crippen LogP contribution is -2.22. The molecule has 0 spiro atoms. The number of benzene rings is 3. The van der Waals surface area contributed by atoms with Crippen LogP contribution in [0.1, 0.15) is 20.9 Å². The molecule has 0 aliphatic heterocycles. The predicted molar refractivity (Wildman–Crippen MR) is 108 cm³/mol. The van der Waals surface area contributed by atoms with E-state index in [-0.39, 0.29) is 5.91 Å². The molecule has 3 aromatic carbocycles. The Labute approximate surface area is 161 Å². The topological polar surface area (TPSA) is 51.2 Å². The van der Waals surface area contributed by atoms with E-state index in [0.717, 1.165) is 20.8 Å². The van der Waals surface area contributed by atoms with Crippen LogP contribution in [0.2, 0.25) is 0 Å². The Morgan fingerprint density at radius 2 is 1.78 bits per heavy atom. The van der Waals surface area contributed by atoms with Crippen LogP contribution in [0.5, 0.6) is 5.75 Å². The molecule has 0 atom stereocenters. The van der Waals surface area contributed by atoms with Gasteiger partial charge < -0.3 is 10.1 Å². The molecule has 0 fully saturated rings. The normalized spacial score (nSPS) is 10.7. The van der Waals surface area contributed by atoms with Gasteiger partial charge in [-0.1, -0.05) is 48.5 Å².